The van der Waals surface area contributed by atoms with Crippen molar-refractivity contribution in [3.05, 3.63) is 47.0 Å². The van der Waals surface area contributed by atoms with Gasteiger partial charge in [-0.1, -0.05) is 0 Å². The molecule has 1 aliphatic rings. The number of nitrogens with two attached hydrogens (primary N) is 1. The van der Waals surface area contributed by atoms with Gasteiger partial charge in [0.25, 0.3) is 0 Å². The zero-order valence-corrected chi connectivity index (χ0v) is 10.0. The lowest BCUT2D eigenvalue weighted by Gasteiger charge is -2.23. The van der Waals surface area contributed by atoms with Gasteiger partial charge in [0, 0.05) is 0 Å². The van der Waals surface area contributed by atoms with E-state index in [4.69, 9.17) is 10.5 Å². The number of allylic oxidation sites excluding steroid dienone is 1. The third kappa shape index (κ3) is 3.07. The second kappa shape index (κ2) is 5.21. The van der Waals surface area contributed by atoms with Gasteiger partial charge in [0.1, 0.15) is 11.6 Å². The average Bonchev–Trinajstić information content (AvgIpc) is 2.37. The molecule has 6 heteroatoms. The lowest BCUT2D eigenvalue weighted by Crippen LogP contribution is -2.22. The molecule has 104 valence electrons. The molecule has 2 nitrogen and oxygen atoms in total. The Morgan fingerprint density at radius 1 is 1.26 bits per heavy atom. The first-order chi connectivity index (χ1) is 8.89. The van der Waals surface area contributed by atoms with E-state index in [2.05, 4.69) is 0 Å². The second-order valence-corrected chi connectivity index (χ2v) is 4.30. The van der Waals surface area contributed by atoms with Crippen LogP contribution >= 0.6 is 0 Å². The topological polar surface area (TPSA) is 35.2 Å². The highest BCUT2D eigenvalue weighted by Crippen LogP contribution is 2.36. The molecule has 0 saturated heterocycles. The molecular formula is C13H13F4NO. The Morgan fingerprint density at radius 2 is 2.00 bits per heavy atom. The molecule has 1 heterocycles. The normalized spacial score (nSPS) is 17.6. The third-order valence-corrected chi connectivity index (χ3v) is 2.92. The predicted molar refractivity (Wildman–Crippen MR) is 61.6 cm³/mol. The van der Waals surface area contributed by atoms with Gasteiger partial charge in [-0.05, 0) is 42.7 Å². The van der Waals surface area contributed by atoms with E-state index in [0.717, 1.165) is 18.6 Å². The summed E-state index contributed by atoms with van der Waals surface area (Å²) in [4.78, 5) is 0. The minimum Gasteiger partial charge on any atom is -0.496 e. The van der Waals surface area contributed by atoms with E-state index in [-0.39, 0.29) is 11.3 Å². The van der Waals surface area contributed by atoms with Crippen LogP contribution in [-0.2, 0) is 10.9 Å². The van der Waals surface area contributed by atoms with Crippen molar-refractivity contribution in [1.29, 1.82) is 0 Å². The zero-order chi connectivity index (χ0) is 14.0. The van der Waals surface area contributed by atoms with Crippen LogP contribution in [0.5, 0.6) is 0 Å². The Morgan fingerprint density at radius 3 is 2.58 bits per heavy atom. The molecule has 2 rings (SSSR count). The first-order valence-corrected chi connectivity index (χ1v) is 5.84. The fraction of sp³-hybridized carbons (Fsp3) is 0.385. The number of alkyl halides is 3. The molecule has 1 aliphatic heterocycles. The molecule has 0 fully saturated rings. The fourth-order valence-corrected chi connectivity index (χ4v) is 2.00. The van der Waals surface area contributed by atoms with Crippen LogP contribution in [0.2, 0.25) is 0 Å². The molecule has 19 heavy (non-hydrogen) atoms. The van der Waals surface area contributed by atoms with Crippen molar-refractivity contribution >= 4 is 0 Å². The van der Waals surface area contributed by atoms with Crippen molar-refractivity contribution in [2.75, 3.05) is 6.61 Å². The highest BCUT2D eigenvalue weighted by atomic mass is 19.4. The Balaban J connectivity index is 2.42. The van der Waals surface area contributed by atoms with Gasteiger partial charge in [0.05, 0.1) is 18.2 Å². The highest BCUT2D eigenvalue weighted by Gasteiger charge is 2.35. The molecule has 0 saturated carbocycles. The van der Waals surface area contributed by atoms with Crippen LogP contribution in [0.15, 0.2) is 30.0 Å². The van der Waals surface area contributed by atoms with Crippen molar-refractivity contribution in [2.24, 2.45) is 5.73 Å². The molecule has 0 radical (unpaired) electrons. The summed E-state index contributed by atoms with van der Waals surface area (Å²) in [5, 5.41) is 0. The van der Waals surface area contributed by atoms with E-state index in [1.807, 2.05) is 0 Å². The quantitative estimate of drug-likeness (QED) is 0.838. The van der Waals surface area contributed by atoms with Gasteiger partial charge in [-0.2, -0.15) is 13.2 Å². The van der Waals surface area contributed by atoms with Crippen molar-refractivity contribution in [3.63, 3.8) is 0 Å². The first-order valence-electron chi connectivity index (χ1n) is 5.84. The number of ether oxygens (including phenoxy) is 1. The number of benzene rings is 1. The molecule has 0 amide bonds. The Kier molecular flexibility index (Phi) is 3.80. The predicted octanol–water partition coefficient (Wildman–Crippen LogP) is 3.54. The van der Waals surface area contributed by atoms with E-state index in [1.54, 1.807) is 6.08 Å². The SMILES string of the molecule is NC(C1=CCCCO1)c1cc(F)ccc1C(F)(F)F. The lowest BCUT2D eigenvalue weighted by atomic mass is 9.97. The summed E-state index contributed by atoms with van der Waals surface area (Å²) in [6, 6.07) is 1.18. The second-order valence-electron chi connectivity index (χ2n) is 4.30. The van der Waals surface area contributed by atoms with Crippen molar-refractivity contribution in [2.45, 2.75) is 25.1 Å². The summed E-state index contributed by atoms with van der Waals surface area (Å²) >= 11 is 0. The van der Waals surface area contributed by atoms with Gasteiger partial charge in [-0.15, -0.1) is 0 Å². The summed E-state index contributed by atoms with van der Waals surface area (Å²) in [6.45, 7) is 0.413. The molecule has 0 bridgehead atoms. The van der Waals surface area contributed by atoms with E-state index >= 15 is 0 Å². The summed E-state index contributed by atoms with van der Waals surface area (Å²) in [5.41, 5.74) is 4.54. The van der Waals surface area contributed by atoms with Gasteiger partial charge in [-0.3, -0.25) is 0 Å². The van der Waals surface area contributed by atoms with Crippen LogP contribution in [0.25, 0.3) is 0 Å². The van der Waals surface area contributed by atoms with Crippen LogP contribution in [-0.4, -0.2) is 6.61 Å². The van der Waals surface area contributed by atoms with Crippen molar-refractivity contribution < 1.29 is 22.3 Å². The largest absolute Gasteiger partial charge is 0.496 e. The average molecular weight is 275 g/mol. The Hall–Kier alpha value is -1.56. The van der Waals surface area contributed by atoms with E-state index in [9.17, 15) is 17.6 Å². The molecule has 0 spiro atoms. The van der Waals surface area contributed by atoms with Crippen LogP contribution in [0.3, 0.4) is 0 Å². The minimum absolute atomic E-state index is 0.266. The first kappa shape index (κ1) is 13.9. The van der Waals surface area contributed by atoms with Crippen LogP contribution in [0.1, 0.15) is 30.0 Å². The van der Waals surface area contributed by atoms with E-state index in [0.29, 0.717) is 19.1 Å². The highest BCUT2D eigenvalue weighted by molar-refractivity contribution is 5.36. The summed E-state index contributed by atoms with van der Waals surface area (Å²) in [6.07, 6.45) is -1.43. The van der Waals surface area contributed by atoms with Gasteiger partial charge in [0.2, 0.25) is 0 Å². The summed E-state index contributed by atoms with van der Waals surface area (Å²) in [5.74, 6) is -0.489. The minimum atomic E-state index is -4.57. The zero-order valence-electron chi connectivity index (χ0n) is 10.0. The number of halogens is 4. The molecule has 1 unspecified atom stereocenters. The van der Waals surface area contributed by atoms with Crippen molar-refractivity contribution in [1.82, 2.24) is 0 Å². The van der Waals surface area contributed by atoms with Gasteiger partial charge < -0.3 is 10.5 Å². The van der Waals surface area contributed by atoms with Crippen molar-refractivity contribution in [3.8, 4) is 0 Å². The summed E-state index contributed by atoms with van der Waals surface area (Å²) in [7, 11) is 0. The summed E-state index contributed by atoms with van der Waals surface area (Å²) < 4.78 is 57.0. The standard InChI is InChI=1S/C13H13F4NO/c14-8-4-5-10(13(15,16)17)9(7-8)12(18)11-3-1-2-6-19-11/h3-5,7,12H,1-2,6,18H2. The number of hydrogen-bond donors (Lipinski definition) is 1. The molecule has 1 atom stereocenters. The smallest absolute Gasteiger partial charge is 0.416 e. The van der Waals surface area contributed by atoms with Crippen LogP contribution < -0.4 is 5.73 Å². The number of rotatable bonds is 2. The van der Waals surface area contributed by atoms with E-state index < -0.39 is 23.6 Å². The maximum atomic E-state index is 13.2. The van der Waals surface area contributed by atoms with Crippen LogP contribution in [0.4, 0.5) is 17.6 Å². The van der Waals surface area contributed by atoms with Gasteiger partial charge in [-0.25, -0.2) is 4.39 Å². The lowest BCUT2D eigenvalue weighted by molar-refractivity contribution is -0.138. The van der Waals surface area contributed by atoms with Gasteiger partial charge >= 0.3 is 6.18 Å². The third-order valence-electron chi connectivity index (χ3n) is 2.92. The molecular weight excluding hydrogens is 262 g/mol. The Bertz CT molecular complexity index is 496. The molecule has 2 N–H and O–H groups in total. The molecule has 1 aromatic carbocycles. The Labute approximate surface area is 107 Å². The molecule has 0 aromatic heterocycles. The van der Waals surface area contributed by atoms with Gasteiger partial charge in [0.15, 0.2) is 0 Å². The maximum Gasteiger partial charge on any atom is 0.416 e. The maximum absolute atomic E-state index is 13.2. The molecule has 1 aromatic rings. The monoisotopic (exact) mass is 275 g/mol. The molecule has 0 aliphatic carbocycles. The number of hydrogen-bond acceptors (Lipinski definition) is 2. The van der Waals surface area contributed by atoms with Crippen LogP contribution in [0, 0.1) is 5.82 Å². The fourth-order valence-electron chi connectivity index (χ4n) is 2.00. The van der Waals surface area contributed by atoms with E-state index in [1.165, 1.54) is 0 Å².